The van der Waals surface area contributed by atoms with Crippen molar-refractivity contribution in [2.24, 2.45) is 0 Å². The van der Waals surface area contributed by atoms with Crippen molar-refractivity contribution in [1.29, 1.82) is 0 Å². The first kappa shape index (κ1) is 30.3. The third-order valence-electron chi connectivity index (χ3n) is 11.8. The van der Waals surface area contributed by atoms with Crippen LogP contribution in [0, 0.1) is 0 Å². The van der Waals surface area contributed by atoms with Gasteiger partial charge in [0.25, 0.3) is 0 Å². The molecule has 0 unspecified atom stereocenters. The summed E-state index contributed by atoms with van der Waals surface area (Å²) in [5, 5.41) is 17.1. The fraction of sp³-hybridized carbons (Fsp3) is 0. The van der Waals surface area contributed by atoms with E-state index in [0.29, 0.717) is 0 Å². The molecule has 12 rings (SSSR count). The number of fused-ring (bicyclic) bond motifs is 13. The van der Waals surface area contributed by atoms with Gasteiger partial charge < -0.3 is 4.42 Å². The fourth-order valence-corrected chi connectivity index (χ4v) is 9.31. The number of furan rings is 1. The highest BCUT2D eigenvalue weighted by Crippen LogP contribution is 2.45. The zero-order valence-corrected chi connectivity index (χ0v) is 29.9. The van der Waals surface area contributed by atoms with Gasteiger partial charge in [0.15, 0.2) is 0 Å². The smallest absolute Gasteiger partial charge is 0.143 e. The van der Waals surface area contributed by atoms with E-state index in [-0.39, 0.29) is 0 Å². The Hall–Kier alpha value is -7.22. The summed E-state index contributed by atoms with van der Waals surface area (Å²) in [6, 6.07) is 70.9. The number of benzene rings is 11. The van der Waals surface area contributed by atoms with Gasteiger partial charge in [0.2, 0.25) is 0 Å². The average Bonchev–Trinajstić information content (AvgIpc) is 3.66. The molecule has 0 atom stereocenters. The normalized spacial score (nSPS) is 12.0. The summed E-state index contributed by atoms with van der Waals surface area (Å²) in [5.41, 5.74) is 9.35. The van der Waals surface area contributed by atoms with Gasteiger partial charge in [-0.25, -0.2) is 0 Å². The van der Waals surface area contributed by atoms with Gasteiger partial charge in [0.1, 0.15) is 11.2 Å². The maximum absolute atomic E-state index is 6.82. The first-order chi connectivity index (χ1) is 27.3. The van der Waals surface area contributed by atoms with E-state index in [9.17, 15) is 0 Å². The Bertz CT molecular complexity index is 3480. The van der Waals surface area contributed by atoms with Crippen molar-refractivity contribution in [1.82, 2.24) is 0 Å². The molecular weight excluding hydrogens is 665 g/mol. The standard InChI is InChI=1S/C54H32O/c1-2-12-33(13-3-1)50-44-17-7-9-19-46(44)51(47-20-10-8-18-45(47)50)39-25-24-35-30-34(22-23-36(35)32-39)37-26-28-40-38(31-37)27-29-49-52-43-16-6-4-14-41(43)42-15-5-11-21-48(42)54(52)55-53(40)49/h1-32H. The molecule has 0 aliphatic carbocycles. The van der Waals surface area contributed by atoms with Crippen LogP contribution in [0.2, 0.25) is 0 Å². The highest BCUT2D eigenvalue weighted by atomic mass is 16.3. The summed E-state index contributed by atoms with van der Waals surface area (Å²) in [5.74, 6) is 0. The van der Waals surface area contributed by atoms with Crippen LogP contribution in [0.15, 0.2) is 199 Å². The van der Waals surface area contributed by atoms with Crippen molar-refractivity contribution in [3.8, 4) is 33.4 Å². The molecule has 0 fully saturated rings. The van der Waals surface area contributed by atoms with Gasteiger partial charge in [0.05, 0.1) is 0 Å². The zero-order chi connectivity index (χ0) is 36.0. The lowest BCUT2D eigenvalue weighted by atomic mass is 9.85. The molecule has 1 nitrogen and oxygen atoms in total. The van der Waals surface area contributed by atoms with Crippen LogP contribution < -0.4 is 0 Å². The van der Waals surface area contributed by atoms with E-state index in [1.165, 1.54) is 92.6 Å². The summed E-state index contributed by atoms with van der Waals surface area (Å²) in [6.07, 6.45) is 0. The van der Waals surface area contributed by atoms with Crippen molar-refractivity contribution in [2.45, 2.75) is 0 Å². The molecule has 0 spiro atoms. The van der Waals surface area contributed by atoms with Crippen LogP contribution in [-0.2, 0) is 0 Å². The predicted octanol–water partition coefficient (Wildman–Crippen LogP) is 15.5. The van der Waals surface area contributed by atoms with E-state index >= 15 is 0 Å². The lowest BCUT2D eigenvalue weighted by Gasteiger charge is -2.18. The van der Waals surface area contributed by atoms with E-state index in [1.54, 1.807) is 0 Å². The highest BCUT2D eigenvalue weighted by Gasteiger charge is 2.19. The van der Waals surface area contributed by atoms with Gasteiger partial charge in [-0.1, -0.05) is 164 Å². The van der Waals surface area contributed by atoms with E-state index < -0.39 is 0 Å². The molecule has 12 aromatic rings. The van der Waals surface area contributed by atoms with Crippen LogP contribution in [-0.4, -0.2) is 0 Å². The molecule has 0 saturated heterocycles. The second-order valence-corrected chi connectivity index (χ2v) is 14.8. The van der Waals surface area contributed by atoms with Gasteiger partial charge in [-0.3, -0.25) is 0 Å². The summed E-state index contributed by atoms with van der Waals surface area (Å²) < 4.78 is 6.82. The summed E-state index contributed by atoms with van der Waals surface area (Å²) in [4.78, 5) is 0. The number of hydrogen-bond donors (Lipinski definition) is 0. The van der Waals surface area contributed by atoms with Gasteiger partial charge in [-0.05, 0) is 118 Å². The van der Waals surface area contributed by atoms with Crippen LogP contribution >= 0.6 is 0 Å². The molecule has 0 bridgehead atoms. The van der Waals surface area contributed by atoms with E-state index in [0.717, 1.165) is 27.3 Å². The molecule has 0 N–H and O–H groups in total. The minimum atomic E-state index is 0.948. The lowest BCUT2D eigenvalue weighted by Crippen LogP contribution is -1.90. The minimum absolute atomic E-state index is 0.948. The fourth-order valence-electron chi connectivity index (χ4n) is 9.31. The second kappa shape index (κ2) is 11.6. The number of rotatable bonds is 3. The predicted molar refractivity (Wildman–Crippen MR) is 235 cm³/mol. The molecule has 1 aromatic heterocycles. The Balaban J connectivity index is 0.983. The Morgan fingerprint density at radius 1 is 0.236 bits per heavy atom. The van der Waals surface area contributed by atoms with Gasteiger partial charge >= 0.3 is 0 Å². The van der Waals surface area contributed by atoms with Crippen LogP contribution in [0.3, 0.4) is 0 Å². The van der Waals surface area contributed by atoms with E-state index in [1.807, 2.05) is 0 Å². The molecule has 1 heteroatoms. The molecule has 0 saturated carbocycles. The van der Waals surface area contributed by atoms with Crippen molar-refractivity contribution in [2.75, 3.05) is 0 Å². The van der Waals surface area contributed by atoms with Gasteiger partial charge in [-0.2, -0.15) is 0 Å². The van der Waals surface area contributed by atoms with Crippen LogP contribution in [0.25, 0.3) is 120 Å². The molecule has 1 heterocycles. The minimum Gasteiger partial charge on any atom is -0.455 e. The van der Waals surface area contributed by atoms with Gasteiger partial charge in [-0.15, -0.1) is 0 Å². The zero-order valence-electron chi connectivity index (χ0n) is 29.9. The number of hydrogen-bond acceptors (Lipinski definition) is 1. The Kier molecular flexibility index (Phi) is 6.40. The third-order valence-corrected chi connectivity index (χ3v) is 11.8. The molecule has 0 aliphatic heterocycles. The molecule has 11 aromatic carbocycles. The highest BCUT2D eigenvalue weighted by molar-refractivity contribution is 6.32. The summed E-state index contributed by atoms with van der Waals surface area (Å²) >= 11 is 0. The van der Waals surface area contributed by atoms with Crippen molar-refractivity contribution >= 4 is 86.6 Å². The largest absolute Gasteiger partial charge is 0.455 e. The topological polar surface area (TPSA) is 13.1 Å². The molecule has 254 valence electrons. The summed E-state index contributed by atoms with van der Waals surface area (Å²) in [7, 11) is 0. The first-order valence-electron chi connectivity index (χ1n) is 19.0. The van der Waals surface area contributed by atoms with E-state index in [4.69, 9.17) is 4.42 Å². The maximum Gasteiger partial charge on any atom is 0.143 e. The molecule has 0 aliphatic rings. The Morgan fingerprint density at radius 3 is 1.33 bits per heavy atom. The molecule has 0 radical (unpaired) electrons. The summed E-state index contributed by atoms with van der Waals surface area (Å²) in [6.45, 7) is 0. The van der Waals surface area contributed by atoms with Crippen LogP contribution in [0.1, 0.15) is 0 Å². The quantitative estimate of drug-likeness (QED) is 0.132. The Morgan fingerprint density at radius 2 is 0.673 bits per heavy atom. The first-order valence-corrected chi connectivity index (χ1v) is 19.0. The van der Waals surface area contributed by atoms with Crippen LogP contribution in [0.5, 0.6) is 0 Å². The van der Waals surface area contributed by atoms with Gasteiger partial charge in [0, 0.05) is 21.5 Å². The monoisotopic (exact) mass is 696 g/mol. The SMILES string of the molecule is c1ccc(-c2c3ccccc3c(-c3ccc4cc(-c5ccc6c(ccc7c6oc6c8ccccc8c8ccccc8c76)c5)ccc4c3)c3ccccc23)cc1. The van der Waals surface area contributed by atoms with E-state index in [2.05, 4.69) is 194 Å². The third kappa shape index (κ3) is 4.48. The van der Waals surface area contributed by atoms with Crippen molar-refractivity contribution in [3.63, 3.8) is 0 Å². The van der Waals surface area contributed by atoms with Crippen LogP contribution in [0.4, 0.5) is 0 Å². The van der Waals surface area contributed by atoms with Crippen molar-refractivity contribution in [3.05, 3.63) is 194 Å². The maximum atomic E-state index is 6.82. The molecule has 0 amide bonds. The molecule has 55 heavy (non-hydrogen) atoms. The Labute approximate surface area is 317 Å². The lowest BCUT2D eigenvalue weighted by molar-refractivity contribution is 0.676. The van der Waals surface area contributed by atoms with Crippen molar-refractivity contribution < 1.29 is 4.42 Å². The average molecular weight is 697 g/mol. The molecular formula is C54H32O. The second-order valence-electron chi connectivity index (χ2n) is 14.8.